The average Bonchev–Trinajstić information content (AvgIpc) is 2.40. The molecule has 0 saturated heterocycles. The summed E-state index contributed by atoms with van der Waals surface area (Å²) in [5.74, 6) is 2.11. The first-order valence-corrected chi connectivity index (χ1v) is 9.00. The third-order valence-corrected chi connectivity index (χ3v) is 6.22. The zero-order chi connectivity index (χ0) is 15.1. The maximum atomic E-state index is 13.3. The van der Waals surface area contributed by atoms with E-state index in [0.29, 0.717) is 17.9 Å². The maximum Gasteiger partial charge on any atom is 0.228 e. The van der Waals surface area contributed by atoms with Gasteiger partial charge in [-0.2, -0.15) is 0 Å². The van der Waals surface area contributed by atoms with Gasteiger partial charge in [0.25, 0.3) is 0 Å². The lowest BCUT2D eigenvalue weighted by molar-refractivity contribution is -0.166. The first-order valence-electron chi connectivity index (χ1n) is 9.00. The van der Waals surface area contributed by atoms with Crippen molar-refractivity contribution in [1.82, 2.24) is 4.90 Å². The number of nitrogens with zero attached hydrogens (tertiary/aromatic N) is 1. The van der Waals surface area contributed by atoms with Crippen molar-refractivity contribution in [2.24, 2.45) is 28.4 Å². The Morgan fingerprint density at radius 3 is 2.38 bits per heavy atom. The second-order valence-electron chi connectivity index (χ2n) is 8.49. The lowest BCUT2D eigenvalue weighted by Crippen LogP contribution is -2.57. The van der Waals surface area contributed by atoms with Crippen LogP contribution in [-0.4, -0.2) is 30.4 Å². The number of carbonyl (C=O) groups is 1. The van der Waals surface area contributed by atoms with Crippen LogP contribution in [0.3, 0.4) is 0 Å². The Balaban J connectivity index is 1.79. The second-order valence-corrected chi connectivity index (χ2v) is 8.49. The summed E-state index contributed by atoms with van der Waals surface area (Å²) < 4.78 is 0. The molecule has 4 rings (SSSR count). The Kier molecular flexibility index (Phi) is 4.06. The topological polar surface area (TPSA) is 46.3 Å². The van der Waals surface area contributed by atoms with Gasteiger partial charge in [0.05, 0.1) is 5.41 Å². The van der Waals surface area contributed by atoms with E-state index in [-0.39, 0.29) is 5.41 Å². The number of carbonyl (C=O) groups excluding carboxylic acids is 1. The Hall–Kier alpha value is -0.570. The van der Waals surface area contributed by atoms with Crippen LogP contribution in [-0.2, 0) is 4.79 Å². The van der Waals surface area contributed by atoms with Crippen molar-refractivity contribution < 1.29 is 4.79 Å². The summed E-state index contributed by atoms with van der Waals surface area (Å²) in [5, 5.41) is 0. The minimum absolute atomic E-state index is 0.0113. The van der Waals surface area contributed by atoms with Crippen LogP contribution in [0.2, 0.25) is 0 Å². The highest BCUT2D eigenvalue weighted by molar-refractivity contribution is 5.83. The minimum Gasteiger partial charge on any atom is -0.342 e. The minimum atomic E-state index is -0.0113. The molecule has 0 spiro atoms. The first kappa shape index (κ1) is 15.3. The molecule has 3 nitrogen and oxygen atoms in total. The first-order chi connectivity index (χ1) is 10.0. The van der Waals surface area contributed by atoms with Crippen molar-refractivity contribution >= 4 is 5.91 Å². The Morgan fingerprint density at radius 1 is 1.19 bits per heavy atom. The number of hydrogen-bond acceptors (Lipinski definition) is 2. The van der Waals surface area contributed by atoms with Gasteiger partial charge in [0.1, 0.15) is 0 Å². The van der Waals surface area contributed by atoms with Crippen LogP contribution < -0.4 is 5.73 Å². The van der Waals surface area contributed by atoms with Crippen LogP contribution in [0.5, 0.6) is 0 Å². The number of rotatable bonds is 6. The molecule has 0 aliphatic heterocycles. The van der Waals surface area contributed by atoms with E-state index < -0.39 is 0 Å². The van der Waals surface area contributed by atoms with Crippen LogP contribution in [0.4, 0.5) is 0 Å². The molecule has 0 aromatic rings. The molecule has 0 radical (unpaired) electrons. The molecule has 2 unspecified atom stereocenters. The van der Waals surface area contributed by atoms with Crippen LogP contribution in [0, 0.1) is 22.7 Å². The lowest BCUT2D eigenvalue weighted by Gasteiger charge is -2.61. The van der Waals surface area contributed by atoms with Crippen molar-refractivity contribution in [3.63, 3.8) is 0 Å². The van der Waals surface area contributed by atoms with Gasteiger partial charge in [0, 0.05) is 13.1 Å². The summed E-state index contributed by atoms with van der Waals surface area (Å²) in [6.45, 7) is 7.06. The van der Waals surface area contributed by atoms with Gasteiger partial charge in [0.15, 0.2) is 0 Å². The van der Waals surface area contributed by atoms with Gasteiger partial charge in [-0.05, 0) is 75.2 Å². The SMILES string of the molecule is CCCN(CCCN)C(=O)C12CC3CC(CC(C)(C3)C1)C2. The molecule has 4 aliphatic rings. The quantitative estimate of drug-likeness (QED) is 0.817. The molecule has 0 aromatic heterocycles. The number of hydrogen-bond donors (Lipinski definition) is 1. The van der Waals surface area contributed by atoms with Crippen molar-refractivity contribution in [3.05, 3.63) is 0 Å². The molecule has 0 aromatic carbocycles. The van der Waals surface area contributed by atoms with Gasteiger partial charge >= 0.3 is 0 Å². The molecular formula is C18H32N2O. The summed E-state index contributed by atoms with van der Waals surface area (Å²) >= 11 is 0. The highest BCUT2D eigenvalue weighted by atomic mass is 16.2. The molecule has 1 amide bonds. The van der Waals surface area contributed by atoms with Gasteiger partial charge in [-0.3, -0.25) is 4.79 Å². The zero-order valence-corrected chi connectivity index (χ0v) is 13.9. The van der Waals surface area contributed by atoms with Crippen molar-refractivity contribution in [3.8, 4) is 0 Å². The molecule has 3 heteroatoms. The fraction of sp³-hybridized carbons (Fsp3) is 0.944. The van der Waals surface area contributed by atoms with Crippen LogP contribution in [0.25, 0.3) is 0 Å². The molecule has 0 heterocycles. The standard InChI is InChI=1S/C18H32N2O/c1-3-6-20(7-4-5-19)16(21)18-11-14-8-15(12-18)10-17(2,9-14)13-18/h14-15H,3-13,19H2,1-2H3. The second kappa shape index (κ2) is 5.57. The highest BCUT2D eigenvalue weighted by Crippen LogP contribution is 2.65. The summed E-state index contributed by atoms with van der Waals surface area (Å²) in [6.07, 6.45) is 9.60. The summed E-state index contributed by atoms with van der Waals surface area (Å²) in [7, 11) is 0. The molecule has 4 aliphatic carbocycles. The van der Waals surface area contributed by atoms with Crippen molar-refractivity contribution in [2.45, 2.75) is 65.2 Å². The summed E-state index contributed by atoms with van der Waals surface area (Å²) in [4.78, 5) is 15.5. The van der Waals surface area contributed by atoms with Crippen LogP contribution in [0.15, 0.2) is 0 Å². The van der Waals surface area contributed by atoms with E-state index in [1.165, 1.54) is 32.1 Å². The third-order valence-electron chi connectivity index (χ3n) is 6.22. The predicted octanol–water partition coefficient (Wildman–Crippen LogP) is 3.18. The Bertz CT molecular complexity index is 392. The molecule has 4 fully saturated rings. The zero-order valence-electron chi connectivity index (χ0n) is 13.9. The lowest BCUT2D eigenvalue weighted by atomic mass is 9.44. The predicted molar refractivity (Wildman–Crippen MR) is 85.8 cm³/mol. The van der Waals surface area contributed by atoms with Crippen LogP contribution in [0.1, 0.15) is 65.2 Å². The fourth-order valence-electron chi connectivity index (χ4n) is 6.17. The molecule has 4 bridgehead atoms. The highest BCUT2D eigenvalue weighted by Gasteiger charge is 2.59. The van der Waals surface area contributed by atoms with Gasteiger partial charge in [-0.1, -0.05) is 13.8 Å². The maximum absolute atomic E-state index is 13.3. The fourth-order valence-corrected chi connectivity index (χ4v) is 6.17. The van der Waals surface area contributed by atoms with Gasteiger partial charge in [-0.25, -0.2) is 0 Å². The van der Waals surface area contributed by atoms with E-state index >= 15 is 0 Å². The van der Waals surface area contributed by atoms with E-state index in [0.717, 1.165) is 44.2 Å². The smallest absolute Gasteiger partial charge is 0.228 e. The van der Waals surface area contributed by atoms with E-state index in [1.54, 1.807) is 0 Å². The monoisotopic (exact) mass is 292 g/mol. The molecule has 4 saturated carbocycles. The molecule has 21 heavy (non-hydrogen) atoms. The van der Waals surface area contributed by atoms with Crippen molar-refractivity contribution in [1.29, 1.82) is 0 Å². The molecule has 2 atom stereocenters. The van der Waals surface area contributed by atoms with E-state index in [1.807, 2.05) is 0 Å². The average molecular weight is 292 g/mol. The summed E-state index contributed by atoms with van der Waals surface area (Å²) in [6, 6.07) is 0. The van der Waals surface area contributed by atoms with Gasteiger partial charge in [-0.15, -0.1) is 0 Å². The van der Waals surface area contributed by atoms with Gasteiger partial charge < -0.3 is 10.6 Å². The third kappa shape index (κ3) is 2.74. The molecule has 120 valence electrons. The number of nitrogens with two attached hydrogens (primary N) is 1. The normalized spacial score (nSPS) is 40.5. The van der Waals surface area contributed by atoms with E-state index in [4.69, 9.17) is 5.73 Å². The number of amides is 1. The summed E-state index contributed by atoms with van der Waals surface area (Å²) in [5.41, 5.74) is 6.10. The van der Waals surface area contributed by atoms with E-state index in [9.17, 15) is 4.79 Å². The van der Waals surface area contributed by atoms with Crippen LogP contribution >= 0.6 is 0 Å². The van der Waals surface area contributed by atoms with Gasteiger partial charge in [0.2, 0.25) is 5.91 Å². The largest absolute Gasteiger partial charge is 0.342 e. The Labute approximate surface area is 129 Å². The van der Waals surface area contributed by atoms with Crippen molar-refractivity contribution in [2.75, 3.05) is 19.6 Å². The Morgan fingerprint density at radius 2 is 1.86 bits per heavy atom. The molecule has 2 N–H and O–H groups in total. The molecular weight excluding hydrogens is 260 g/mol. The van der Waals surface area contributed by atoms with E-state index in [2.05, 4.69) is 18.7 Å².